The van der Waals surface area contributed by atoms with E-state index in [1.807, 2.05) is 30.3 Å². The number of nitrogens with one attached hydrogen (secondary N) is 2. The van der Waals surface area contributed by atoms with Crippen LogP contribution in [0.15, 0.2) is 66.9 Å². The molecule has 2 aromatic carbocycles. The van der Waals surface area contributed by atoms with Gasteiger partial charge < -0.3 is 15.4 Å². The third kappa shape index (κ3) is 6.53. The van der Waals surface area contributed by atoms with Gasteiger partial charge in [-0.2, -0.15) is 5.10 Å². The van der Waals surface area contributed by atoms with E-state index in [2.05, 4.69) is 15.7 Å². The average molecular weight is 420 g/mol. The molecule has 2 amide bonds. The Morgan fingerprint density at radius 2 is 1.71 bits per heavy atom. The summed E-state index contributed by atoms with van der Waals surface area (Å²) >= 11 is 0. The fourth-order valence-corrected chi connectivity index (χ4v) is 2.86. The lowest BCUT2D eigenvalue weighted by Gasteiger charge is -2.08. The van der Waals surface area contributed by atoms with E-state index in [1.165, 1.54) is 0 Å². The second-order valence-corrected chi connectivity index (χ2v) is 6.72. The monoisotopic (exact) mass is 420 g/mol. The maximum atomic E-state index is 12.1. The highest BCUT2D eigenvalue weighted by atomic mass is 16.5. The molecule has 0 aliphatic carbocycles. The van der Waals surface area contributed by atoms with Crippen LogP contribution in [0.3, 0.4) is 0 Å². The molecular weight excluding hydrogens is 396 g/mol. The number of aromatic nitrogens is 2. The Balaban J connectivity index is 1.44. The first kappa shape index (κ1) is 21.8. The highest BCUT2D eigenvalue weighted by molar-refractivity contribution is 5.91. The largest absolute Gasteiger partial charge is 0.461 e. The van der Waals surface area contributed by atoms with Gasteiger partial charge in [-0.1, -0.05) is 30.3 Å². The van der Waals surface area contributed by atoms with Crippen LogP contribution in [0.2, 0.25) is 0 Å². The molecule has 3 aromatic rings. The average Bonchev–Trinajstić information content (AvgIpc) is 3.26. The maximum absolute atomic E-state index is 12.1. The van der Waals surface area contributed by atoms with Gasteiger partial charge in [0.15, 0.2) is 5.69 Å². The maximum Gasteiger partial charge on any atom is 0.358 e. The quantitative estimate of drug-likeness (QED) is 0.518. The minimum atomic E-state index is -0.471. The van der Waals surface area contributed by atoms with Gasteiger partial charge in [0.05, 0.1) is 18.7 Å². The Hall–Kier alpha value is -3.94. The SMILES string of the molecule is CCOC(=O)c1ccn(-c2ccc(NC(=O)CCNC(=O)Cc3ccccc3)cc2)n1. The summed E-state index contributed by atoms with van der Waals surface area (Å²) in [4.78, 5) is 35.8. The number of ether oxygens (including phenoxy) is 1. The van der Waals surface area contributed by atoms with Crippen molar-refractivity contribution in [1.29, 1.82) is 0 Å². The molecule has 8 nitrogen and oxygen atoms in total. The van der Waals surface area contributed by atoms with Crippen molar-refractivity contribution in [3.63, 3.8) is 0 Å². The van der Waals surface area contributed by atoms with Gasteiger partial charge in [-0.25, -0.2) is 9.48 Å². The van der Waals surface area contributed by atoms with Gasteiger partial charge >= 0.3 is 5.97 Å². The second-order valence-electron chi connectivity index (χ2n) is 6.72. The summed E-state index contributed by atoms with van der Waals surface area (Å²) in [5, 5.41) is 9.73. The molecule has 0 saturated heterocycles. The lowest BCUT2D eigenvalue weighted by atomic mass is 10.1. The van der Waals surface area contributed by atoms with Gasteiger partial charge in [-0.15, -0.1) is 0 Å². The van der Waals surface area contributed by atoms with Crippen LogP contribution in [0.25, 0.3) is 5.69 Å². The zero-order valence-electron chi connectivity index (χ0n) is 17.2. The number of carbonyl (C=O) groups is 3. The fraction of sp³-hybridized carbons (Fsp3) is 0.217. The summed E-state index contributed by atoms with van der Waals surface area (Å²) in [6.07, 6.45) is 2.12. The topological polar surface area (TPSA) is 102 Å². The molecule has 0 unspecified atom stereocenters. The molecule has 0 bridgehead atoms. The van der Waals surface area contributed by atoms with Crippen molar-refractivity contribution in [2.75, 3.05) is 18.5 Å². The molecule has 0 atom stereocenters. The van der Waals surface area contributed by atoms with Crippen LogP contribution in [0, 0.1) is 0 Å². The third-order valence-corrected chi connectivity index (χ3v) is 4.37. The molecule has 0 fully saturated rings. The van der Waals surface area contributed by atoms with Gasteiger partial charge in [-0.05, 0) is 42.8 Å². The number of benzene rings is 2. The molecule has 1 heterocycles. The summed E-state index contributed by atoms with van der Waals surface area (Å²) in [5.74, 6) is -0.790. The number of amides is 2. The highest BCUT2D eigenvalue weighted by Crippen LogP contribution is 2.14. The smallest absolute Gasteiger partial charge is 0.358 e. The number of carbonyl (C=O) groups excluding carboxylic acids is 3. The van der Waals surface area contributed by atoms with Crippen LogP contribution in [0.4, 0.5) is 5.69 Å². The molecule has 3 rings (SSSR count). The van der Waals surface area contributed by atoms with Crippen LogP contribution < -0.4 is 10.6 Å². The predicted octanol–water partition coefficient (Wildman–Crippen LogP) is 2.74. The third-order valence-electron chi connectivity index (χ3n) is 4.37. The molecule has 160 valence electrons. The molecule has 31 heavy (non-hydrogen) atoms. The zero-order chi connectivity index (χ0) is 22.1. The summed E-state index contributed by atoms with van der Waals surface area (Å²) in [6.45, 7) is 2.29. The zero-order valence-corrected chi connectivity index (χ0v) is 17.2. The number of nitrogens with zero attached hydrogens (tertiary/aromatic N) is 2. The van der Waals surface area contributed by atoms with E-state index in [4.69, 9.17) is 4.74 Å². The molecule has 0 radical (unpaired) electrons. The van der Waals surface area contributed by atoms with Crippen molar-refractivity contribution in [1.82, 2.24) is 15.1 Å². The normalized spacial score (nSPS) is 10.4. The van der Waals surface area contributed by atoms with Crippen molar-refractivity contribution < 1.29 is 19.1 Å². The minimum Gasteiger partial charge on any atom is -0.461 e. The minimum absolute atomic E-state index is 0.121. The van der Waals surface area contributed by atoms with E-state index < -0.39 is 5.97 Å². The molecule has 8 heteroatoms. The summed E-state index contributed by atoms with van der Waals surface area (Å²) in [5.41, 5.74) is 2.52. The Kier molecular flexibility index (Phi) is 7.53. The molecule has 0 aliphatic rings. The van der Waals surface area contributed by atoms with Crippen LogP contribution in [0.5, 0.6) is 0 Å². The summed E-state index contributed by atoms with van der Waals surface area (Å²) in [7, 11) is 0. The van der Waals surface area contributed by atoms with Crippen molar-refractivity contribution in [2.45, 2.75) is 19.8 Å². The molecule has 0 saturated carbocycles. The van der Waals surface area contributed by atoms with Gasteiger partial charge in [0, 0.05) is 24.8 Å². The second kappa shape index (κ2) is 10.7. The van der Waals surface area contributed by atoms with Gasteiger partial charge in [0.1, 0.15) is 0 Å². The van der Waals surface area contributed by atoms with E-state index in [-0.39, 0.29) is 43.5 Å². The number of anilines is 1. The van der Waals surface area contributed by atoms with Crippen LogP contribution >= 0.6 is 0 Å². The van der Waals surface area contributed by atoms with Crippen LogP contribution in [0.1, 0.15) is 29.4 Å². The first-order valence-electron chi connectivity index (χ1n) is 9.99. The van der Waals surface area contributed by atoms with Crippen molar-refractivity contribution in [2.24, 2.45) is 0 Å². The van der Waals surface area contributed by atoms with Crippen molar-refractivity contribution in [3.8, 4) is 5.69 Å². The van der Waals surface area contributed by atoms with E-state index in [0.29, 0.717) is 5.69 Å². The Labute approximate surface area is 180 Å². The number of hydrogen-bond donors (Lipinski definition) is 2. The predicted molar refractivity (Wildman–Crippen MR) is 116 cm³/mol. The molecule has 0 spiro atoms. The van der Waals surface area contributed by atoms with Gasteiger partial charge in [0.25, 0.3) is 0 Å². The molecular formula is C23H24N4O4. The lowest BCUT2D eigenvalue weighted by molar-refractivity contribution is -0.120. The molecule has 0 aliphatic heterocycles. The van der Waals surface area contributed by atoms with E-state index in [0.717, 1.165) is 11.3 Å². The number of hydrogen-bond acceptors (Lipinski definition) is 5. The first-order chi connectivity index (χ1) is 15.0. The van der Waals surface area contributed by atoms with Gasteiger partial charge in [0.2, 0.25) is 11.8 Å². The fourth-order valence-electron chi connectivity index (χ4n) is 2.86. The van der Waals surface area contributed by atoms with E-state index in [9.17, 15) is 14.4 Å². The Morgan fingerprint density at radius 3 is 2.42 bits per heavy atom. The van der Waals surface area contributed by atoms with E-state index >= 15 is 0 Å². The van der Waals surface area contributed by atoms with Crippen LogP contribution in [-0.4, -0.2) is 40.7 Å². The first-order valence-corrected chi connectivity index (χ1v) is 9.99. The van der Waals surface area contributed by atoms with E-state index in [1.54, 1.807) is 48.1 Å². The Bertz CT molecular complexity index is 1030. The lowest BCUT2D eigenvalue weighted by Crippen LogP contribution is -2.28. The molecule has 2 N–H and O–H groups in total. The number of esters is 1. The highest BCUT2D eigenvalue weighted by Gasteiger charge is 2.11. The standard InChI is InChI=1S/C23H24N4O4/c1-2-31-23(30)20-13-15-27(26-20)19-10-8-18(9-11-19)25-21(28)12-14-24-22(29)16-17-6-4-3-5-7-17/h3-11,13,15H,2,12,14,16H2,1H3,(H,24,29)(H,25,28). The van der Waals surface area contributed by atoms with Crippen molar-refractivity contribution in [3.05, 3.63) is 78.1 Å². The Morgan fingerprint density at radius 1 is 0.968 bits per heavy atom. The van der Waals surface area contributed by atoms with Crippen molar-refractivity contribution >= 4 is 23.5 Å². The van der Waals surface area contributed by atoms with Crippen LogP contribution in [-0.2, 0) is 20.7 Å². The molecule has 1 aromatic heterocycles. The van der Waals surface area contributed by atoms with Gasteiger partial charge in [-0.3, -0.25) is 9.59 Å². The summed E-state index contributed by atoms with van der Waals surface area (Å²) < 4.78 is 6.48. The summed E-state index contributed by atoms with van der Waals surface area (Å²) in [6, 6.07) is 18.1. The number of rotatable bonds is 9.